The summed E-state index contributed by atoms with van der Waals surface area (Å²) in [4.78, 5) is 17.7. The highest BCUT2D eigenvalue weighted by Gasteiger charge is 2.27. The number of aliphatic imine (C=N–C) groups is 1. The predicted octanol–water partition coefficient (Wildman–Crippen LogP) is 2.88. The van der Waals surface area contributed by atoms with E-state index in [1.165, 1.54) is 6.07 Å². The van der Waals surface area contributed by atoms with Gasteiger partial charge in [-0.05, 0) is 26.0 Å². The lowest BCUT2D eigenvalue weighted by Gasteiger charge is -2.28. The monoisotopic (exact) mass is 470 g/mol. The summed E-state index contributed by atoms with van der Waals surface area (Å²) < 4.78 is 13.9. The Kier molecular flexibility index (Phi) is 9.57. The van der Waals surface area contributed by atoms with Crippen molar-refractivity contribution in [2.24, 2.45) is 10.4 Å². The molecule has 0 aliphatic rings. The number of nitrogens with zero attached hydrogens (tertiary/aromatic N) is 2. The topological polar surface area (TPSA) is 56.7 Å². The summed E-state index contributed by atoms with van der Waals surface area (Å²) in [6, 6.07) is 4.60. The Labute approximate surface area is 165 Å². The van der Waals surface area contributed by atoms with E-state index in [-0.39, 0.29) is 42.2 Å². The summed E-state index contributed by atoms with van der Waals surface area (Å²) in [5.74, 6) is 0.132. The van der Waals surface area contributed by atoms with Crippen LogP contribution in [0.4, 0.5) is 4.39 Å². The first-order chi connectivity index (χ1) is 10.7. The van der Waals surface area contributed by atoms with Crippen molar-refractivity contribution in [1.29, 1.82) is 0 Å². The minimum absolute atomic E-state index is 0. The smallest absolute Gasteiger partial charge is 0.227 e. The number of amides is 1. The van der Waals surface area contributed by atoms with Crippen molar-refractivity contribution in [2.45, 2.75) is 20.4 Å². The summed E-state index contributed by atoms with van der Waals surface area (Å²) in [6.07, 6.45) is 0. The maximum absolute atomic E-state index is 13.9. The van der Waals surface area contributed by atoms with E-state index >= 15 is 0 Å². The SMILES string of the molecule is CN=C(NCC(C)(C)C(=O)NC)N(C)Cc1c(F)cccc1Cl.I. The molecule has 0 radical (unpaired) electrons. The fourth-order valence-corrected chi connectivity index (χ4v) is 2.32. The van der Waals surface area contributed by atoms with Crippen LogP contribution in [0, 0.1) is 11.2 Å². The van der Waals surface area contributed by atoms with Crippen LogP contribution < -0.4 is 10.6 Å². The maximum atomic E-state index is 13.9. The molecule has 1 rings (SSSR count). The van der Waals surface area contributed by atoms with E-state index in [0.717, 1.165) is 0 Å². The van der Waals surface area contributed by atoms with Crippen molar-refractivity contribution in [3.05, 3.63) is 34.6 Å². The zero-order valence-corrected chi connectivity index (χ0v) is 17.7. The molecule has 0 aliphatic heterocycles. The van der Waals surface area contributed by atoms with Gasteiger partial charge in [-0.1, -0.05) is 17.7 Å². The fourth-order valence-electron chi connectivity index (χ4n) is 2.10. The number of hydrogen-bond donors (Lipinski definition) is 2. The first-order valence-electron chi connectivity index (χ1n) is 7.29. The molecule has 0 saturated heterocycles. The van der Waals surface area contributed by atoms with Crippen LogP contribution in [0.5, 0.6) is 0 Å². The van der Waals surface area contributed by atoms with Crippen LogP contribution in [0.15, 0.2) is 23.2 Å². The Morgan fingerprint density at radius 3 is 2.54 bits per heavy atom. The Morgan fingerprint density at radius 2 is 2.04 bits per heavy atom. The van der Waals surface area contributed by atoms with Crippen LogP contribution in [-0.4, -0.2) is 44.5 Å². The van der Waals surface area contributed by atoms with Crippen LogP contribution in [-0.2, 0) is 11.3 Å². The Hall–Kier alpha value is -1.09. The Morgan fingerprint density at radius 1 is 1.42 bits per heavy atom. The summed E-state index contributed by atoms with van der Waals surface area (Å²) in [5.41, 5.74) is -0.188. The molecule has 0 saturated carbocycles. The third-order valence-corrected chi connectivity index (χ3v) is 3.91. The molecule has 0 spiro atoms. The summed E-state index contributed by atoms with van der Waals surface area (Å²) in [5, 5.41) is 6.14. The highest BCUT2D eigenvalue weighted by molar-refractivity contribution is 14.0. The number of benzene rings is 1. The largest absolute Gasteiger partial charge is 0.359 e. The molecule has 136 valence electrons. The van der Waals surface area contributed by atoms with Gasteiger partial charge in [0.15, 0.2) is 5.96 Å². The van der Waals surface area contributed by atoms with Crippen molar-refractivity contribution in [2.75, 3.05) is 27.7 Å². The molecule has 0 aliphatic carbocycles. The van der Waals surface area contributed by atoms with Gasteiger partial charge in [0.1, 0.15) is 5.82 Å². The number of halogens is 3. The van der Waals surface area contributed by atoms with Crippen LogP contribution in [0.2, 0.25) is 5.02 Å². The molecule has 0 heterocycles. The van der Waals surface area contributed by atoms with Crippen LogP contribution in [0.3, 0.4) is 0 Å². The lowest BCUT2D eigenvalue weighted by Crippen LogP contribution is -2.47. The summed E-state index contributed by atoms with van der Waals surface area (Å²) in [6.45, 7) is 4.33. The van der Waals surface area contributed by atoms with Crippen LogP contribution in [0.25, 0.3) is 0 Å². The van der Waals surface area contributed by atoms with Crippen molar-refractivity contribution in [3.8, 4) is 0 Å². The molecule has 24 heavy (non-hydrogen) atoms. The minimum atomic E-state index is -0.596. The van der Waals surface area contributed by atoms with Gasteiger partial charge in [-0.3, -0.25) is 9.79 Å². The third-order valence-electron chi connectivity index (χ3n) is 3.56. The molecule has 0 fully saturated rings. The summed E-state index contributed by atoms with van der Waals surface area (Å²) in [7, 11) is 5.02. The van der Waals surface area contributed by atoms with Gasteiger partial charge in [-0.25, -0.2) is 4.39 Å². The number of rotatable bonds is 5. The second-order valence-corrected chi connectivity index (χ2v) is 6.33. The molecule has 2 N–H and O–H groups in total. The second-order valence-electron chi connectivity index (χ2n) is 5.92. The zero-order chi connectivity index (χ0) is 17.6. The molecule has 8 heteroatoms. The third kappa shape index (κ3) is 6.08. The van der Waals surface area contributed by atoms with Crippen molar-refractivity contribution in [3.63, 3.8) is 0 Å². The van der Waals surface area contributed by atoms with E-state index in [2.05, 4.69) is 15.6 Å². The van der Waals surface area contributed by atoms with Gasteiger partial charge in [-0.2, -0.15) is 0 Å². The first-order valence-corrected chi connectivity index (χ1v) is 7.67. The standard InChI is InChI=1S/C16H24ClFN4O.HI/c1-16(2,14(23)19-3)10-21-15(20-4)22(5)9-11-12(17)7-6-8-13(11)18;/h6-8H,9-10H2,1-5H3,(H,19,23)(H,20,21);1H. The minimum Gasteiger partial charge on any atom is -0.359 e. The van der Waals surface area contributed by atoms with Gasteiger partial charge in [0.25, 0.3) is 0 Å². The zero-order valence-electron chi connectivity index (χ0n) is 14.6. The number of nitrogens with one attached hydrogen (secondary N) is 2. The number of carbonyl (C=O) groups excluding carboxylic acids is 1. The fraction of sp³-hybridized carbons (Fsp3) is 0.500. The maximum Gasteiger partial charge on any atom is 0.227 e. The lowest BCUT2D eigenvalue weighted by molar-refractivity contribution is -0.128. The highest BCUT2D eigenvalue weighted by Crippen LogP contribution is 2.20. The predicted molar refractivity (Wildman–Crippen MR) is 108 cm³/mol. The van der Waals surface area contributed by atoms with Crippen molar-refractivity contribution >= 4 is 47.4 Å². The van der Waals surface area contributed by atoms with Gasteiger partial charge in [0.2, 0.25) is 5.91 Å². The molecule has 1 amide bonds. The molecule has 1 aromatic carbocycles. The second kappa shape index (κ2) is 10.0. The normalized spacial score (nSPS) is 11.5. The van der Waals surface area contributed by atoms with Crippen LogP contribution >= 0.6 is 35.6 Å². The molecular weight excluding hydrogens is 446 g/mol. The van der Waals surface area contributed by atoms with E-state index in [4.69, 9.17) is 11.6 Å². The molecule has 1 aromatic rings. The van der Waals surface area contributed by atoms with E-state index in [9.17, 15) is 9.18 Å². The van der Waals surface area contributed by atoms with E-state index in [0.29, 0.717) is 23.1 Å². The molecule has 0 bridgehead atoms. The Bertz CT molecular complexity index is 575. The van der Waals surface area contributed by atoms with E-state index in [1.807, 2.05) is 13.8 Å². The quantitative estimate of drug-likeness (QED) is 0.395. The van der Waals surface area contributed by atoms with Crippen molar-refractivity contribution < 1.29 is 9.18 Å². The highest BCUT2D eigenvalue weighted by atomic mass is 127. The van der Waals surface area contributed by atoms with Gasteiger partial charge in [0.05, 0.1) is 5.41 Å². The molecule has 0 unspecified atom stereocenters. The van der Waals surface area contributed by atoms with E-state index < -0.39 is 5.41 Å². The number of carbonyl (C=O) groups is 1. The molecule has 0 aromatic heterocycles. The average Bonchev–Trinajstić information content (AvgIpc) is 2.50. The Balaban J connectivity index is 0.00000529. The molecule has 0 atom stereocenters. The lowest BCUT2D eigenvalue weighted by atomic mass is 9.92. The van der Waals surface area contributed by atoms with Crippen LogP contribution in [0.1, 0.15) is 19.4 Å². The van der Waals surface area contributed by atoms with E-state index in [1.54, 1.807) is 38.2 Å². The van der Waals surface area contributed by atoms with Gasteiger partial charge in [0, 0.05) is 44.8 Å². The summed E-state index contributed by atoms with van der Waals surface area (Å²) >= 11 is 6.05. The van der Waals surface area contributed by atoms with Gasteiger partial charge in [-0.15, -0.1) is 24.0 Å². The average molecular weight is 471 g/mol. The number of hydrogen-bond acceptors (Lipinski definition) is 2. The van der Waals surface area contributed by atoms with Crippen molar-refractivity contribution in [1.82, 2.24) is 15.5 Å². The molecular formula is C16H25ClFIN4O. The molecule has 5 nitrogen and oxygen atoms in total. The number of guanidine groups is 1. The van der Waals surface area contributed by atoms with Gasteiger partial charge < -0.3 is 15.5 Å². The van der Waals surface area contributed by atoms with Gasteiger partial charge >= 0.3 is 0 Å². The first kappa shape index (κ1) is 22.9.